The Morgan fingerprint density at radius 3 is 2.82 bits per heavy atom. The Labute approximate surface area is 103 Å². The van der Waals surface area contributed by atoms with Crippen molar-refractivity contribution in [1.29, 1.82) is 0 Å². The molecule has 0 aromatic heterocycles. The normalized spacial score (nSPS) is 34.7. The predicted octanol–water partition coefficient (Wildman–Crippen LogP) is 0.748. The second kappa shape index (κ2) is 5.83. The van der Waals surface area contributed by atoms with Crippen LogP contribution in [-0.2, 0) is 4.79 Å². The second-order valence-corrected chi connectivity index (χ2v) is 5.45. The third-order valence-corrected chi connectivity index (χ3v) is 4.13. The number of carbonyl (C=O) groups is 1. The zero-order valence-electron chi connectivity index (χ0n) is 10.7. The van der Waals surface area contributed by atoms with Gasteiger partial charge >= 0.3 is 0 Å². The number of amides is 1. The van der Waals surface area contributed by atoms with Crippen molar-refractivity contribution in [3.8, 4) is 0 Å². The second-order valence-electron chi connectivity index (χ2n) is 5.45. The van der Waals surface area contributed by atoms with Crippen molar-refractivity contribution in [1.82, 2.24) is 10.2 Å². The number of hydrogen-bond acceptors (Lipinski definition) is 3. The fourth-order valence-corrected chi connectivity index (χ4v) is 2.92. The molecule has 3 atom stereocenters. The van der Waals surface area contributed by atoms with Gasteiger partial charge in [0.15, 0.2) is 0 Å². The maximum absolute atomic E-state index is 12.4. The van der Waals surface area contributed by atoms with Crippen LogP contribution in [0.25, 0.3) is 0 Å². The molecule has 4 nitrogen and oxygen atoms in total. The minimum absolute atomic E-state index is 0.0654. The number of piperidine rings is 2. The highest BCUT2D eigenvalue weighted by atomic mass is 16.3. The molecule has 3 unspecified atom stereocenters. The lowest BCUT2D eigenvalue weighted by Crippen LogP contribution is -2.51. The zero-order chi connectivity index (χ0) is 12.3. The molecule has 0 aliphatic carbocycles. The highest BCUT2D eigenvalue weighted by Crippen LogP contribution is 2.22. The molecule has 2 heterocycles. The van der Waals surface area contributed by atoms with Gasteiger partial charge in [-0.15, -0.1) is 0 Å². The maximum atomic E-state index is 12.4. The summed E-state index contributed by atoms with van der Waals surface area (Å²) in [5.74, 6) is 0.376. The molecule has 4 heteroatoms. The first-order valence-electron chi connectivity index (χ1n) is 6.87. The lowest BCUT2D eigenvalue weighted by atomic mass is 9.92. The van der Waals surface area contributed by atoms with Crippen LogP contribution in [0.2, 0.25) is 0 Å². The molecule has 2 aliphatic heterocycles. The lowest BCUT2D eigenvalue weighted by molar-refractivity contribution is -0.141. The van der Waals surface area contributed by atoms with E-state index in [9.17, 15) is 9.90 Å². The highest BCUT2D eigenvalue weighted by Gasteiger charge is 2.32. The molecule has 2 N–H and O–H groups in total. The minimum atomic E-state index is 0.0654. The van der Waals surface area contributed by atoms with Gasteiger partial charge < -0.3 is 15.3 Å². The number of rotatable bonds is 2. The Balaban J connectivity index is 1.93. The van der Waals surface area contributed by atoms with Crippen molar-refractivity contribution in [2.75, 3.05) is 19.7 Å². The highest BCUT2D eigenvalue weighted by molar-refractivity contribution is 5.79. The molecule has 0 aromatic rings. The van der Waals surface area contributed by atoms with E-state index in [0.717, 1.165) is 45.2 Å². The van der Waals surface area contributed by atoms with E-state index in [1.54, 1.807) is 0 Å². The molecular formula is C13H24N2O2. The van der Waals surface area contributed by atoms with E-state index in [2.05, 4.69) is 12.2 Å². The van der Waals surface area contributed by atoms with E-state index in [1.165, 1.54) is 0 Å². The quantitative estimate of drug-likeness (QED) is 0.749. The number of nitrogens with one attached hydrogen (secondary N) is 1. The number of aliphatic hydroxyl groups excluding tert-OH is 1. The molecule has 0 radical (unpaired) electrons. The summed E-state index contributed by atoms with van der Waals surface area (Å²) in [7, 11) is 0. The van der Waals surface area contributed by atoms with Crippen molar-refractivity contribution in [2.45, 2.75) is 51.1 Å². The largest absolute Gasteiger partial charge is 0.394 e. The Morgan fingerprint density at radius 2 is 2.18 bits per heavy atom. The Kier molecular flexibility index (Phi) is 4.40. The van der Waals surface area contributed by atoms with Crippen LogP contribution in [0.5, 0.6) is 0 Å². The van der Waals surface area contributed by atoms with Crippen LogP contribution in [0.3, 0.4) is 0 Å². The van der Waals surface area contributed by atoms with Gasteiger partial charge in [0, 0.05) is 19.1 Å². The van der Waals surface area contributed by atoms with Gasteiger partial charge in [0.25, 0.3) is 0 Å². The third kappa shape index (κ3) is 2.99. The average Bonchev–Trinajstić information content (AvgIpc) is 2.39. The van der Waals surface area contributed by atoms with Gasteiger partial charge in [-0.25, -0.2) is 0 Å². The maximum Gasteiger partial charge on any atom is 0.227 e. The molecule has 2 rings (SSSR count). The molecule has 2 aliphatic rings. The van der Waals surface area contributed by atoms with Crippen LogP contribution < -0.4 is 5.32 Å². The van der Waals surface area contributed by atoms with Crippen molar-refractivity contribution >= 4 is 5.91 Å². The van der Waals surface area contributed by atoms with Crippen molar-refractivity contribution in [2.24, 2.45) is 5.92 Å². The first-order valence-corrected chi connectivity index (χ1v) is 6.87. The van der Waals surface area contributed by atoms with E-state index in [-0.39, 0.29) is 24.5 Å². The summed E-state index contributed by atoms with van der Waals surface area (Å²) >= 11 is 0. The van der Waals surface area contributed by atoms with Crippen molar-refractivity contribution < 1.29 is 9.90 Å². The number of aliphatic hydroxyl groups is 1. The van der Waals surface area contributed by atoms with Crippen LogP contribution in [-0.4, -0.2) is 47.7 Å². The van der Waals surface area contributed by atoms with Crippen LogP contribution in [0.4, 0.5) is 0 Å². The molecule has 17 heavy (non-hydrogen) atoms. The van der Waals surface area contributed by atoms with Gasteiger partial charge in [0.2, 0.25) is 5.91 Å². The number of nitrogens with zero attached hydrogens (tertiary/aromatic N) is 1. The average molecular weight is 240 g/mol. The zero-order valence-corrected chi connectivity index (χ0v) is 10.7. The predicted molar refractivity (Wildman–Crippen MR) is 66.6 cm³/mol. The summed E-state index contributed by atoms with van der Waals surface area (Å²) in [6.07, 6.45) is 5.24. The monoisotopic (exact) mass is 240 g/mol. The first-order chi connectivity index (χ1) is 8.22. The topological polar surface area (TPSA) is 52.6 Å². The fourth-order valence-electron chi connectivity index (χ4n) is 2.92. The Morgan fingerprint density at radius 1 is 1.35 bits per heavy atom. The third-order valence-electron chi connectivity index (χ3n) is 4.13. The van der Waals surface area contributed by atoms with E-state index < -0.39 is 0 Å². The Bertz CT molecular complexity index is 262. The summed E-state index contributed by atoms with van der Waals surface area (Å²) < 4.78 is 0. The van der Waals surface area contributed by atoms with Gasteiger partial charge in [-0.05, 0) is 39.0 Å². The molecule has 2 saturated heterocycles. The standard InChI is InChI=1S/C13H24N2O2/c1-10-5-6-11(8-14-10)13(17)15-7-3-2-4-12(15)9-16/h10-12,14,16H,2-9H2,1H3. The molecule has 98 valence electrons. The van der Waals surface area contributed by atoms with Gasteiger partial charge in [-0.3, -0.25) is 4.79 Å². The molecule has 1 amide bonds. The van der Waals surface area contributed by atoms with Crippen molar-refractivity contribution in [3.63, 3.8) is 0 Å². The van der Waals surface area contributed by atoms with Gasteiger partial charge in [-0.2, -0.15) is 0 Å². The molecular weight excluding hydrogens is 216 g/mol. The Hall–Kier alpha value is -0.610. The summed E-state index contributed by atoms with van der Waals surface area (Å²) in [6.45, 7) is 3.91. The van der Waals surface area contributed by atoms with E-state index in [1.807, 2.05) is 4.90 Å². The molecule has 0 spiro atoms. The lowest BCUT2D eigenvalue weighted by Gasteiger charge is -2.38. The van der Waals surface area contributed by atoms with Crippen molar-refractivity contribution in [3.05, 3.63) is 0 Å². The van der Waals surface area contributed by atoms with Crippen LogP contribution in [0, 0.1) is 5.92 Å². The van der Waals surface area contributed by atoms with Crippen LogP contribution in [0.15, 0.2) is 0 Å². The fraction of sp³-hybridized carbons (Fsp3) is 0.923. The number of hydrogen-bond donors (Lipinski definition) is 2. The van der Waals surface area contributed by atoms with Gasteiger partial charge in [0.05, 0.1) is 18.6 Å². The smallest absolute Gasteiger partial charge is 0.227 e. The minimum Gasteiger partial charge on any atom is -0.394 e. The van der Waals surface area contributed by atoms with Crippen LogP contribution in [0.1, 0.15) is 39.0 Å². The van der Waals surface area contributed by atoms with Crippen LogP contribution >= 0.6 is 0 Å². The van der Waals surface area contributed by atoms with E-state index in [0.29, 0.717) is 6.04 Å². The summed E-state index contributed by atoms with van der Waals surface area (Å²) in [5, 5.41) is 12.7. The molecule has 0 aromatic carbocycles. The molecule has 2 fully saturated rings. The first kappa shape index (κ1) is 12.8. The van der Waals surface area contributed by atoms with Gasteiger partial charge in [0.1, 0.15) is 0 Å². The van der Waals surface area contributed by atoms with E-state index >= 15 is 0 Å². The summed E-state index contributed by atoms with van der Waals surface area (Å²) in [4.78, 5) is 14.3. The van der Waals surface area contributed by atoms with E-state index in [4.69, 9.17) is 0 Å². The summed E-state index contributed by atoms with van der Waals surface area (Å²) in [6, 6.07) is 0.602. The molecule has 0 saturated carbocycles. The van der Waals surface area contributed by atoms with Gasteiger partial charge in [-0.1, -0.05) is 0 Å². The summed E-state index contributed by atoms with van der Waals surface area (Å²) in [5.41, 5.74) is 0. The number of carbonyl (C=O) groups excluding carboxylic acids is 1. The SMILES string of the molecule is CC1CCC(C(=O)N2CCCCC2CO)CN1. The number of likely N-dealkylation sites (tertiary alicyclic amines) is 1. The molecule has 0 bridgehead atoms.